The van der Waals surface area contributed by atoms with Gasteiger partial charge in [0.05, 0.1) is 22.3 Å². The average molecular weight is 430 g/mol. The molecular weight excluding hydrogens is 405 g/mol. The number of fused-ring (bicyclic) bond motifs is 1. The van der Waals surface area contributed by atoms with Crippen LogP contribution in [0, 0.1) is 5.82 Å². The largest absolute Gasteiger partial charge is 0.381 e. The molecule has 2 fully saturated rings. The third-order valence-electron chi connectivity index (χ3n) is 5.70. The molecule has 2 aliphatic rings. The van der Waals surface area contributed by atoms with Gasteiger partial charge in [0.2, 0.25) is 10.0 Å². The van der Waals surface area contributed by atoms with Gasteiger partial charge in [0.25, 0.3) is 0 Å². The van der Waals surface area contributed by atoms with Crippen molar-refractivity contribution in [3.8, 4) is 0 Å². The summed E-state index contributed by atoms with van der Waals surface area (Å²) in [6.45, 7) is 1.38. The summed E-state index contributed by atoms with van der Waals surface area (Å²) in [5.74, 6) is -0.505. The van der Waals surface area contributed by atoms with E-state index in [9.17, 15) is 12.8 Å². The fourth-order valence-electron chi connectivity index (χ4n) is 3.98. The van der Waals surface area contributed by atoms with E-state index in [2.05, 4.69) is 20.2 Å². The molecule has 1 saturated carbocycles. The molecule has 7 nitrogen and oxygen atoms in total. The van der Waals surface area contributed by atoms with Gasteiger partial charge in [-0.2, -0.15) is 5.10 Å². The van der Waals surface area contributed by atoms with Gasteiger partial charge in [-0.1, -0.05) is 0 Å². The Labute approximate surface area is 174 Å². The number of hydrogen-bond donors (Lipinski definition) is 3. The number of anilines is 2. The molecule has 2 aromatic carbocycles. The van der Waals surface area contributed by atoms with Crippen molar-refractivity contribution in [1.82, 2.24) is 14.9 Å². The Kier molecular flexibility index (Phi) is 4.86. The number of piperidine rings is 1. The van der Waals surface area contributed by atoms with Crippen LogP contribution in [0.3, 0.4) is 0 Å². The first kappa shape index (κ1) is 19.3. The summed E-state index contributed by atoms with van der Waals surface area (Å²) in [7, 11) is -3.66. The van der Waals surface area contributed by atoms with E-state index >= 15 is 0 Å². The van der Waals surface area contributed by atoms with E-state index < -0.39 is 15.8 Å². The molecule has 30 heavy (non-hydrogen) atoms. The molecule has 1 aliphatic heterocycles. The molecule has 1 aromatic heterocycles. The van der Waals surface area contributed by atoms with Gasteiger partial charge in [-0.05, 0) is 62.1 Å². The number of halogens is 1. The summed E-state index contributed by atoms with van der Waals surface area (Å²) in [6.07, 6.45) is 5.38. The number of aromatic amines is 1. The Hall–Kier alpha value is -2.65. The number of rotatable bonds is 6. The number of H-pyrrole nitrogens is 1. The Balaban J connectivity index is 1.30. The lowest BCUT2D eigenvalue weighted by Gasteiger charge is -2.35. The minimum absolute atomic E-state index is 0.00654. The third-order valence-corrected chi connectivity index (χ3v) is 7.22. The first-order valence-corrected chi connectivity index (χ1v) is 11.7. The van der Waals surface area contributed by atoms with Gasteiger partial charge < -0.3 is 10.2 Å². The van der Waals surface area contributed by atoms with Crippen LogP contribution < -0.4 is 14.9 Å². The Morgan fingerprint density at radius 3 is 2.77 bits per heavy atom. The Morgan fingerprint density at radius 1 is 1.10 bits per heavy atom. The lowest BCUT2D eigenvalue weighted by Crippen LogP contribution is -2.42. The molecule has 0 bridgehead atoms. The van der Waals surface area contributed by atoms with Crippen LogP contribution in [-0.2, 0) is 10.0 Å². The van der Waals surface area contributed by atoms with Crippen LogP contribution in [0.15, 0.2) is 47.5 Å². The van der Waals surface area contributed by atoms with E-state index in [1.807, 2.05) is 23.1 Å². The predicted octanol–water partition coefficient (Wildman–Crippen LogP) is 3.22. The Bertz CT molecular complexity index is 1180. The van der Waals surface area contributed by atoms with Crippen LogP contribution in [0.1, 0.15) is 25.7 Å². The minimum atomic E-state index is -3.66. The van der Waals surface area contributed by atoms with E-state index in [1.165, 1.54) is 6.07 Å². The SMILES string of the molecule is O=S(=O)(NC1CC1)c1ccc(N2CCCC(Nc3ccc4[nH]ncc4c3)C2)c(F)c1. The zero-order chi connectivity index (χ0) is 20.7. The minimum Gasteiger partial charge on any atom is -0.381 e. The molecule has 3 aromatic rings. The highest BCUT2D eigenvalue weighted by molar-refractivity contribution is 7.89. The first-order chi connectivity index (χ1) is 14.5. The second-order valence-electron chi connectivity index (χ2n) is 8.11. The fourth-order valence-corrected chi connectivity index (χ4v) is 5.30. The number of hydrogen-bond acceptors (Lipinski definition) is 5. The van der Waals surface area contributed by atoms with Gasteiger partial charge >= 0.3 is 0 Å². The summed E-state index contributed by atoms with van der Waals surface area (Å²) in [5, 5.41) is 11.6. The molecule has 0 spiro atoms. The molecule has 0 radical (unpaired) electrons. The predicted molar refractivity (Wildman–Crippen MR) is 115 cm³/mol. The van der Waals surface area contributed by atoms with Crippen molar-refractivity contribution in [2.75, 3.05) is 23.3 Å². The standard InChI is InChI=1S/C21H24FN5O2S/c22-19-11-18(30(28,29)26-15-3-4-15)6-8-21(19)27-9-1-2-17(13-27)24-16-5-7-20-14(10-16)12-23-25-20/h5-8,10-12,15,17,24,26H,1-4,9,13H2,(H,23,25). The number of nitrogens with one attached hydrogen (secondary N) is 3. The van der Waals surface area contributed by atoms with Crippen molar-refractivity contribution < 1.29 is 12.8 Å². The normalized spacial score (nSPS) is 19.9. The van der Waals surface area contributed by atoms with Crippen molar-refractivity contribution in [2.45, 2.75) is 42.7 Å². The monoisotopic (exact) mass is 429 g/mol. The van der Waals surface area contributed by atoms with Crippen LogP contribution in [-0.4, -0.2) is 43.8 Å². The van der Waals surface area contributed by atoms with Crippen LogP contribution >= 0.6 is 0 Å². The van der Waals surface area contributed by atoms with Gasteiger partial charge in [-0.3, -0.25) is 5.10 Å². The number of nitrogens with zero attached hydrogens (tertiary/aromatic N) is 2. The molecule has 1 saturated heterocycles. The smallest absolute Gasteiger partial charge is 0.240 e. The highest BCUT2D eigenvalue weighted by atomic mass is 32.2. The van der Waals surface area contributed by atoms with Crippen LogP contribution in [0.5, 0.6) is 0 Å². The molecule has 5 rings (SSSR count). The Morgan fingerprint density at radius 2 is 1.97 bits per heavy atom. The maximum atomic E-state index is 14.8. The van der Waals surface area contributed by atoms with Crippen LogP contribution in [0.2, 0.25) is 0 Å². The zero-order valence-electron chi connectivity index (χ0n) is 16.4. The van der Waals surface area contributed by atoms with E-state index in [1.54, 1.807) is 12.3 Å². The van der Waals surface area contributed by atoms with Crippen LogP contribution in [0.25, 0.3) is 10.9 Å². The van der Waals surface area contributed by atoms with Crippen molar-refractivity contribution in [1.29, 1.82) is 0 Å². The number of sulfonamides is 1. The highest BCUT2D eigenvalue weighted by Gasteiger charge is 2.29. The molecule has 158 valence electrons. The lowest BCUT2D eigenvalue weighted by molar-refractivity contribution is 0.518. The second kappa shape index (κ2) is 7.55. The van der Waals surface area contributed by atoms with E-state index in [-0.39, 0.29) is 17.0 Å². The maximum Gasteiger partial charge on any atom is 0.240 e. The summed E-state index contributed by atoms with van der Waals surface area (Å²) < 4.78 is 42.1. The zero-order valence-corrected chi connectivity index (χ0v) is 17.3. The average Bonchev–Trinajstić information content (AvgIpc) is 3.40. The van der Waals surface area contributed by atoms with Gasteiger partial charge in [-0.25, -0.2) is 17.5 Å². The molecule has 0 amide bonds. The summed E-state index contributed by atoms with van der Waals surface area (Å²) in [4.78, 5) is 1.97. The van der Waals surface area contributed by atoms with E-state index in [4.69, 9.17) is 0 Å². The lowest BCUT2D eigenvalue weighted by atomic mass is 10.0. The van der Waals surface area contributed by atoms with Crippen LogP contribution in [0.4, 0.5) is 15.8 Å². The number of aromatic nitrogens is 2. The van der Waals surface area contributed by atoms with Gasteiger partial charge in [0.1, 0.15) is 5.82 Å². The molecular formula is C21H24FN5O2S. The van der Waals surface area contributed by atoms with Gasteiger partial charge in [0.15, 0.2) is 0 Å². The quantitative estimate of drug-likeness (QED) is 0.560. The maximum absolute atomic E-state index is 14.8. The molecule has 3 N–H and O–H groups in total. The second-order valence-corrected chi connectivity index (χ2v) is 9.82. The summed E-state index contributed by atoms with van der Waals surface area (Å²) in [6, 6.07) is 10.4. The van der Waals surface area contributed by atoms with Crippen molar-refractivity contribution in [2.24, 2.45) is 0 Å². The number of benzene rings is 2. The van der Waals surface area contributed by atoms with Crippen molar-refractivity contribution >= 4 is 32.3 Å². The van der Waals surface area contributed by atoms with Gasteiger partial charge in [-0.15, -0.1) is 0 Å². The van der Waals surface area contributed by atoms with Crippen molar-refractivity contribution in [3.05, 3.63) is 48.4 Å². The summed E-state index contributed by atoms with van der Waals surface area (Å²) in [5.41, 5.74) is 2.43. The molecule has 1 atom stereocenters. The van der Waals surface area contributed by atoms with Gasteiger partial charge in [0, 0.05) is 36.2 Å². The molecule has 1 aliphatic carbocycles. The third kappa shape index (κ3) is 3.99. The topological polar surface area (TPSA) is 90.1 Å². The molecule has 1 unspecified atom stereocenters. The first-order valence-electron chi connectivity index (χ1n) is 10.2. The fraction of sp³-hybridized carbons (Fsp3) is 0.381. The molecule has 2 heterocycles. The molecule has 9 heteroatoms. The highest BCUT2D eigenvalue weighted by Crippen LogP contribution is 2.28. The van der Waals surface area contributed by atoms with E-state index in [0.717, 1.165) is 54.9 Å². The van der Waals surface area contributed by atoms with E-state index in [0.29, 0.717) is 12.2 Å². The van der Waals surface area contributed by atoms with Crippen molar-refractivity contribution in [3.63, 3.8) is 0 Å². The summed E-state index contributed by atoms with van der Waals surface area (Å²) >= 11 is 0.